The summed E-state index contributed by atoms with van der Waals surface area (Å²) in [4.78, 5) is 38.2. The van der Waals surface area contributed by atoms with Crippen molar-refractivity contribution >= 4 is 33.7 Å². The SMILES string of the molecule is CC(C)(C)OC(=O)C1CCCCC1C(=O)OCC(=O)c1ccc2c(c1)COc1cc(Br)ccc1-2. The Morgan fingerprint density at radius 2 is 1.65 bits per heavy atom. The highest BCUT2D eigenvalue weighted by Crippen LogP contribution is 2.39. The molecule has 1 aliphatic heterocycles. The summed E-state index contributed by atoms with van der Waals surface area (Å²) in [5.41, 5.74) is 2.74. The highest BCUT2D eigenvalue weighted by Gasteiger charge is 2.39. The molecule has 0 spiro atoms. The number of hydrogen-bond acceptors (Lipinski definition) is 6. The van der Waals surface area contributed by atoms with Crippen molar-refractivity contribution < 1.29 is 28.6 Å². The molecule has 1 heterocycles. The number of esters is 2. The molecule has 2 atom stereocenters. The van der Waals surface area contributed by atoms with Gasteiger partial charge >= 0.3 is 11.9 Å². The van der Waals surface area contributed by atoms with Crippen molar-refractivity contribution in [2.45, 2.75) is 58.7 Å². The molecule has 0 aromatic heterocycles. The van der Waals surface area contributed by atoms with Crippen LogP contribution in [0.15, 0.2) is 40.9 Å². The minimum Gasteiger partial charge on any atom is -0.488 e. The van der Waals surface area contributed by atoms with Crippen LogP contribution in [0, 0.1) is 11.8 Å². The lowest BCUT2D eigenvalue weighted by Crippen LogP contribution is -2.38. The number of carbonyl (C=O) groups is 3. The lowest BCUT2D eigenvalue weighted by atomic mass is 9.79. The second kappa shape index (κ2) is 9.90. The van der Waals surface area contributed by atoms with Gasteiger partial charge in [0, 0.05) is 15.6 Å². The van der Waals surface area contributed by atoms with Crippen molar-refractivity contribution in [1.82, 2.24) is 0 Å². The van der Waals surface area contributed by atoms with Gasteiger partial charge in [-0.1, -0.05) is 40.9 Å². The van der Waals surface area contributed by atoms with Crippen LogP contribution in [0.2, 0.25) is 0 Å². The van der Waals surface area contributed by atoms with E-state index in [2.05, 4.69) is 15.9 Å². The van der Waals surface area contributed by atoms with E-state index in [-0.39, 0.29) is 18.4 Å². The summed E-state index contributed by atoms with van der Waals surface area (Å²) in [6.45, 7) is 5.42. The Labute approximate surface area is 208 Å². The van der Waals surface area contributed by atoms with E-state index in [1.54, 1.807) is 32.9 Å². The normalized spacial score (nSPS) is 19.3. The maximum atomic E-state index is 12.8. The van der Waals surface area contributed by atoms with Crippen LogP contribution >= 0.6 is 15.9 Å². The Bertz CT molecular complexity index is 1120. The van der Waals surface area contributed by atoms with Crippen LogP contribution < -0.4 is 4.74 Å². The van der Waals surface area contributed by atoms with Gasteiger partial charge in [-0.05, 0) is 69.0 Å². The second-order valence-corrected chi connectivity index (χ2v) is 10.8. The molecule has 1 aliphatic carbocycles. The third-order valence-corrected chi connectivity index (χ3v) is 6.66. The molecule has 2 aliphatic rings. The molecular formula is C27H29BrO6. The average molecular weight is 529 g/mol. The van der Waals surface area contributed by atoms with E-state index in [1.165, 1.54) is 0 Å². The first-order valence-electron chi connectivity index (χ1n) is 11.6. The van der Waals surface area contributed by atoms with E-state index >= 15 is 0 Å². The van der Waals surface area contributed by atoms with Crippen LogP contribution in [-0.4, -0.2) is 29.9 Å². The van der Waals surface area contributed by atoms with E-state index in [0.29, 0.717) is 25.0 Å². The lowest BCUT2D eigenvalue weighted by molar-refractivity contribution is -0.169. The minimum absolute atomic E-state index is 0.289. The molecule has 180 valence electrons. The highest BCUT2D eigenvalue weighted by molar-refractivity contribution is 9.10. The van der Waals surface area contributed by atoms with Gasteiger partial charge in [0.1, 0.15) is 18.0 Å². The standard InChI is InChI=1S/C27H29BrO6/c1-27(2,3)34-26(31)22-7-5-4-6-21(22)25(30)33-15-23(29)16-8-10-19-17(12-16)14-32-24-13-18(28)9-11-20(19)24/h8-13,21-22H,4-7,14-15H2,1-3H3. The van der Waals surface area contributed by atoms with Crippen molar-refractivity contribution in [2.24, 2.45) is 11.8 Å². The zero-order valence-corrected chi connectivity index (χ0v) is 21.3. The maximum Gasteiger partial charge on any atom is 0.310 e. The summed E-state index contributed by atoms with van der Waals surface area (Å²) in [5.74, 6) is -1.49. The summed E-state index contributed by atoms with van der Waals surface area (Å²) in [6.07, 6.45) is 2.86. The van der Waals surface area contributed by atoms with Crippen molar-refractivity contribution in [1.29, 1.82) is 0 Å². The van der Waals surface area contributed by atoms with Gasteiger partial charge in [-0.2, -0.15) is 0 Å². The van der Waals surface area contributed by atoms with E-state index in [4.69, 9.17) is 14.2 Å². The molecule has 6 nitrogen and oxygen atoms in total. The number of carbonyl (C=O) groups excluding carboxylic acids is 3. The predicted molar refractivity (Wildman–Crippen MR) is 130 cm³/mol. The molecule has 34 heavy (non-hydrogen) atoms. The Morgan fingerprint density at radius 3 is 2.35 bits per heavy atom. The molecule has 0 radical (unpaired) electrons. The first-order valence-corrected chi connectivity index (χ1v) is 12.4. The number of fused-ring (bicyclic) bond motifs is 3. The monoisotopic (exact) mass is 528 g/mol. The average Bonchev–Trinajstić information content (AvgIpc) is 2.80. The van der Waals surface area contributed by atoms with Gasteiger partial charge in [-0.25, -0.2) is 0 Å². The summed E-state index contributed by atoms with van der Waals surface area (Å²) in [7, 11) is 0. The Hall–Kier alpha value is -2.67. The van der Waals surface area contributed by atoms with E-state index in [9.17, 15) is 14.4 Å². The van der Waals surface area contributed by atoms with Crippen molar-refractivity contribution in [3.8, 4) is 16.9 Å². The molecule has 0 N–H and O–H groups in total. The fraction of sp³-hybridized carbons (Fsp3) is 0.444. The first-order chi connectivity index (χ1) is 16.1. The zero-order valence-electron chi connectivity index (χ0n) is 19.7. The lowest BCUT2D eigenvalue weighted by Gasteiger charge is -2.31. The minimum atomic E-state index is -0.619. The number of rotatable bonds is 5. The fourth-order valence-electron chi connectivity index (χ4n) is 4.54. The van der Waals surface area contributed by atoms with Crippen LogP contribution in [-0.2, 0) is 25.7 Å². The molecule has 4 rings (SSSR count). The van der Waals surface area contributed by atoms with Crippen LogP contribution in [0.1, 0.15) is 62.4 Å². The number of ketones is 1. The van der Waals surface area contributed by atoms with Gasteiger partial charge in [0.2, 0.25) is 0 Å². The van der Waals surface area contributed by atoms with E-state index < -0.39 is 23.4 Å². The molecule has 0 amide bonds. The number of Topliss-reactive ketones (excluding diaryl/α,β-unsaturated/α-hetero) is 1. The van der Waals surface area contributed by atoms with Gasteiger partial charge in [0.15, 0.2) is 12.4 Å². The molecule has 1 fully saturated rings. The number of halogens is 1. The second-order valence-electron chi connectivity index (χ2n) is 9.86. The zero-order chi connectivity index (χ0) is 24.5. The molecule has 2 aromatic rings. The molecule has 0 bridgehead atoms. The molecule has 2 aromatic carbocycles. The summed E-state index contributed by atoms with van der Waals surface area (Å²) >= 11 is 3.45. The topological polar surface area (TPSA) is 78.9 Å². The van der Waals surface area contributed by atoms with Crippen molar-refractivity contribution in [2.75, 3.05) is 6.61 Å². The molecular weight excluding hydrogens is 500 g/mol. The third kappa shape index (κ3) is 5.52. The van der Waals surface area contributed by atoms with Crippen LogP contribution in [0.4, 0.5) is 0 Å². The molecule has 7 heteroatoms. The fourth-order valence-corrected chi connectivity index (χ4v) is 4.88. The van der Waals surface area contributed by atoms with E-state index in [1.807, 2.05) is 24.3 Å². The Balaban J connectivity index is 1.41. The summed E-state index contributed by atoms with van der Waals surface area (Å²) in [5, 5.41) is 0. The first kappa shape index (κ1) is 24.5. The van der Waals surface area contributed by atoms with E-state index in [0.717, 1.165) is 39.8 Å². The maximum absolute atomic E-state index is 12.8. The van der Waals surface area contributed by atoms with Crippen LogP contribution in [0.5, 0.6) is 5.75 Å². The number of hydrogen-bond donors (Lipinski definition) is 0. The number of ether oxygens (including phenoxy) is 3. The quantitative estimate of drug-likeness (QED) is 0.356. The largest absolute Gasteiger partial charge is 0.488 e. The molecule has 2 unspecified atom stereocenters. The predicted octanol–water partition coefficient (Wildman–Crippen LogP) is 5.88. The third-order valence-electron chi connectivity index (χ3n) is 6.17. The van der Waals surface area contributed by atoms with Crippen LogP contribution in [0.25, 0.3) is 11.1 Å². The van der Waals surface area contributed by atoms with Crippen LogP contribution in [0.3, 0.4) is 0 Å². The Morgan fingerprint density at radius 1 is 0.971 bits per heavy atom. The summed E-state index contributed by atoms with van der Waals surface area (Å²) < 4.78 is 17.7. The van der Waals surface area contributed by atoms with Gasteiger partial charge in [0.25, 0.3) is 0 Å². The Kier molecular flexibility index (Phi) is 7.12. The van der Waals surface area contributed by atoms with Crippen molar-refractivity contribution in [3.63, 3.8) is 0 Å². The number of benzene rings is 2. The molecule has 0 saturated heterocycles. The van der Waals surface area contributed by atoms with Gasteiger partial charge in [0.05, 0.1) is 11.8 Å². The van der Waals surface area contributed by atoms with Crippen molar-refractivity contribution in [3.05, 3.63) is 52.0 Å². The van der Waals surface area contributed by atoms with Gasteiger partial charge < -0.3 is 14.2 Å². The molecule has 1 saturated carbocycles. The highest BCUT2D eigenvalue weighted by atomic mass is 79.9. The van der Waals surface area contributed by atoms with Gasteiger partial charge in [-0.15, -0.1) is 0 Å². The van der Waals surface area contributed by atoms with Gasteiger partial charge in [-0.3, -0.25) is 14.4 Å². The summed E-state index contributed by atoms with van der Waals surface area (Å²) in [6, 6.07) is 11.3. The smallest absolute Gasteiger partial charge is 0.310 e.